The molecule has 0 N–H and O–H groups in total. The van der Waals surface area contributed by atoms with Crippen LogP contribution in [0.1, 0.15) is 0 Å². The number of rotatable bonds is 21. The fourth-order valence-electron chi connectivity index (χ4n) is 11.9. The van der Waals surface area contributed by atoms with Gasteiger partial charge in [0, 0.05) is 96.0 Å². The zero-order valence-corrected chi connectivity index (χ0v) is 88.2. The molecule has 0 aliphatic heterocycles. The predicted octanol–water partition coefficient (Wildman–Crippen LogP) is 32.2. The minimum absolute atomic E-state index is 0. The quantitative estimate of drug-likeness (QED) is 0.0405. The summed E-state index contributed by atoms with van der Waals surface area (Å²) in [5, 5.41) is 0. The molecule has 18 aromatic carbocycles. The zero-order chi connectivity index (χ0) is 86.1. The summed E-state index contributed by atoms with van der Waals surface area (Å²) in [5.41, 5.74) is 0. The Balaban J connectivity index is 0.000000197. The second-order valence-electron chi connectivity index (χ2n) is 26.0. The van der Waals surface area contributed by atoms with E-state index >= 15 is 0 Å². The van der Waals surface area contributed by atoms with E-state index in [2.05, 4.69) is 457 Å². The molecule has 642 valence electrons. The van der Waals surface area contributed by atoms with Gasteiger partial charge in [-0.15, -0.1) is 0 Å². The summed E-state index contributed by atoms with van der Waals surface area (Å²) in [6.45, 7) is 0. The Labute approximate surface area is 839 Å². The van der Waals surface area contributed by atoms with E-state index in [-0.39, 0.29) is 55.0 Å². The first kappa shape index (κ1) is 105. The van der Waals surface area contributed by atoms with Crippen LogP contribution in [0.5, 0.6) is 0 Å². The molecule has 127 heavy (non-hydrogen) atoms. The van der Waals surface area contributed by atoms with Gasteiger partial charge in [0.05, 0.1) is 54.3 Å². The molecule has 0 bridgehead atoms. The third-order valence-electron chi connectivity index (χ3n) is 17.5. The van der Waals surface area contributed by atoms with Crippen LogP contribution in [-0.4, -0.2) is 8.42 Å². The summed E-state index contributed by atoms with van der Waals surface area (Å²) in [6, 6.07) is 182. The minimum Gasteiger partial charge on any atom is -0.358 e. The molecule has 0 aromatic heterocycles. The van der Waals surface area contributed by atoms with Crippen LogP contribution in [0.4, 0.5) is 0 Å². The van der Waals surface area contributed by atoms with Crippen molar-refractivity contribution < 1.29 is 21.7 Å². The predicted molar refractivity (Wildman–Crippen MR) is 584 cm³/mol. The molecule has 0 saturated carbocycles. The summed E-state index contributed by atoms with van der Waals surface area (Å²) >= 11 is 16.7. The normalized spacial score (nSPS) is 10.1. The van der Waals surface area contributed by atoms with E-state index in [0.29, 0.717) is 13.3 Å². The summed E-state index contributed by atoms with van der Waals surface area (Å²) < 4.78 is 23.9. The van der Waals surface area contributed by atoms with Crippen molar-refractivity contribution in [1.29, 1.82) is 0 Å². The van der Waals surface area contributed by atoms with Gasteiger partial charge in [0.1, 0.15) is 0 Å². The van der Waals surface area contributed by atoms with Crippen LogP contribution in [0.15, 0.2) is 631 Å². The van der Waals surface area contributed by atoms with Crippen molar-refractivity contribution in [2.45, 2.75) is 103 Å². The van der Waals surface area contributed by atoms with Crippen molar-refractivity contribution in [2.75, 3.05) is 0 Å². The standard InChI is InChI=1S/C36H28S3.C24H19S2.2C12H10OS.2C12H10S.3CH3.I3.I2/c1-5-13-31(14-6-1)38(32-15-7-2-8-16-32)35-25-21-29(22-26-35)37-30-23-27-36(28-24-30)39(33-17-9-3-10-18-33)34-19-11-4-12-20-34;1-4-10-20(11-5-1)25-21-16-18-24(19-17-21)26(22-12-6-2-7-13-22)23-14-8-3-9-15-23;2*13-14(11-7-3-1-4-8-11)12-9-5-2-6-10-12;2*1-3-7-11(8-4-1)13-12-9-5-2-6-10-12;;;;1-3-2;1-2/h1-28H;1-19H;2*1-10H;2*1-10H;3*1H3;;/q+2;+1;;;;;4*-1;. The van der Waals surface area contributed by atoms with Crippen molar-refractivity contribution in [1.82, 2.24) is 0 Å². The smallest absolute Gasteiger partial charge is 0.166 e. The van der Waals surface area contributed by atoms with Crippen LogP contribution < -0.4 is 13.3 Å². The van der Waals surface area contributed by atoms with E-state index in [1.165, 1.54) is 83.2 Å². The van der Waals surface area contributed by atoms with Gasteiger partial charge in [0.15, 0.2) is 44.1 Å². The van der Waals surface area contributed by atoms with Gasteiger partial charge in [-0.3, -0.25) is 0 Å². The van der Waals surface area contributed by atoms with Crippen LogP contribution in [0, 0.1) is 22.3 Å². The second kappa shape index (κ2) is 61.8. The molecule has 0 aliphatic carbocycles. The molecule has 0 saturated heterocycles. The molecule has 0 atom stereocenters. The molecule has 18 aromatic rings. The Bertz CT molecular complexity index is 5350. The summed E-state index contributed by atoms with van der Waals surface area (Å²) in [5.74, 6) is 0. The molecule has 18 rings (SSSR count). The summed E-state index contributed by atoms with van der Waals surface area (Å²) in [6.07, 6.45) is 0. The summed E-state index contributed by atoms with van der Waals surface area (Å²) in [4.78, 5) is 25.6. The first-order chi connectivity index (χ1) is 61.3. The number of hydrogen-bond acceptors (Lipinski definition) is 6. The average Bonchev–Trinajstić information content (AvgIpc) is 0.816. The SMILES string of the molecule is II.I[I-]I.O=S(c1ccccc1)c1ccccc1.O=S(c1ccccc1)c1ccccc1.[CH3-].[CH3-].[CH3-].c1ccc(Sc2ccc([S+](c3ccccc3)c3ccccc3)cc2)cc1.c1ccc(Sc2ccccc2)cc1.c1ccc(Sc2ccccc2)cc1.c1ccc([S+](c2ccccc2)c2ccc(Sc3ccc([S+](c4ccccc4)c4ccccc4)cc3)cc2)cc1. The van der Waals surface area contributed by atoms with Crippen LogP contribution in [0.2, 0.25) is 0 Å². The van der Waals surface area contributed by atoms with Gasteiger partial charge in [0.25, 0.3) is 0 Å². The van der Waals surface area contributed by atoms with Gasteiger partial charge in [0.2, 0.25) is 0 Å². The Morgan fingerprint density at radius 1 is 0.165 bits per heavy atom. The van der Waals surface area contributed by atoms with Gasteiger partial charge >= 0.3 is 50.5 Å². The van der Waals surface area contributed by atoms with Gasteiger partial charge in [-0.25, -0.2) is 8.42 Å². The maximum absolute atomic E-state index is 12.0. The monoisotopic (exact) mass is 2380 g/mol. The number of benzene rings is 18. The van der Waals surface area contributed by atoms with Crippen molar-refractivity contribution >= 4 is 176 Å². The molecule has 0 aliphatic rings. The maximum Gasteiger partial charge on any atom is 0.166 e. The van der Waals surface area contributed by atoms with Crippen LogP contribution in [0.3, 0.4) is 0 Å². The Hall–Kier alpha value is -7.64. The van der Waals surface area contributed by atoms with Gasteiger partial charge in [-0.1, -0.05) is 320 Å². The van der Waals surface area contributed by atoms with Crippen molar-refractivity contribution in [3.8, 4) is 0 Å². The van der Waals surface area contributed by atoms with E-state index in [0.717, 1.165) is 19.6 Å². The molecule has 0 heterocycles. The van der Waals surface area contributed by atoms with E-state index < -0.39 is 21.6 Å². The summed E-state index contributed by atoms with van der Waals surface area (Å²) in [7, 11) is -2.42. The van der Waals surface area contributed by atoms with Crippen LogP contribution >= 0.6 is 122 Å². The first-order valence-corrected chi connectivity index (χ1v) is 67.3. The first-order valence-electron chi connectivity index (χ1n) is 39.2. The number of hydrogen-bond donors (Lipinski definition) is 0. The Morgan fingerprint density at radius 2 is 0.268 bits per heavy atom. The fourth-order valence-corrected chi connectivity index (χ4v) is 23.7. The molecule has 0 unspecified atom stereocenters. The average molecular weight is 2390 g/mol. The molecule has 0 fully saturated rings. The third-order valence-corrected chi connectivity index (χ3v) is 31.1. The van der Waals surface area contributed by atoms with Crippen LogP contribution in [0.25, 0.3) is 0 Å². The van der Waals surface area contributed by atoms with Crippen molar-refractivity contribution in [3.63, 3.8) is 0 Å². The molecule has 2 nitrogen and oxygen atoms in total. The Morgan fingerprint density at radius 3 is 0.402 bits per heavy atom. The topological polar surface area (TPSA) is 34.1 Å². The largest absolute Gasteiger partial charge is 0.358 e. The fraction of sp³-hybridized carbons (Fsp3) is 0. The molecule has 0 spiro atoms. The van der Waals surface area contributed by atoms with E-state index in [9.17, 15) is 8.42 Å². The molecular weight excluding hydrogens is 2290 g/mol. The molecule has 0 radical (unpaired) electrons. The Kier molecular flexibility index (Phi) is 51.0. The van der Waals surface area contributed by atoms with Crippen molar-refractivity contribution in [2.24, 2.45) is 0 Å². The van der Waals surface area contributed by atoms with E-state index in [1.807, 2.05) is 157 Å². The number of halogens is 5. The van der Waals surface area contributed by atoms with Gasteiger partial charge in [-0.05, 0) is 255 Å². The minimum atomic E-state index is -1.05. The molecular formula is C111H96I5O2S9-. The zero-order valence-electron chi connectivity index (χ0n) is 70.1. The van der Waals surface area contributed by atoms with Gasteiger partial charge in [-0.2, -0.15) is 0 Å². The second-order valence-corrected chi connectivity index (χ2v) is 55.9. The van der Waals surface area contributed by atoms with Crippen LogP contribution in [-0.2, 0) is 54.3 Å². The van der Waals surface area contributed by atoms with Gasteiger partial charge < -0.3 is 22.3 Å². The molecule has 16 heteroatoms. The third kappa shape index (κ3) is 36.2. The maximum atomic E-state index is 12.0. The van der Waals surface area contributed by atoms with E-state index in [4.69, 9.17) is 0 Å². The molecule has 0 amide bonds. The van der Waals surface area contributed by atoms with E-state index in [1.54, 1.807) is 35.3 Å². The van der Waals surface area contributed by atoms with Crippen molar-refractivity contribution in [3.05, 3.63) is 550 Å².